The number of carboxylic acids is 1. The number of carbonyl (C=O) groups is 3. The Hall–Kier alpha value is -3.89. The maximum atomic E-state index is 13.6. The number of amides is 2. The number of nitrogens with one attached hydrogen (secondary N) is 2. The topological polar surface area (TPSA) is 133 Å². The highest BCUT2D eigenvalue weighted by Crippen LogP contribution is 2.30. The van der Waals surface area contributed by atoms with Crippen LogP contribution in [0.25, 0.3) is 0 Å². The molecule has 37 heavy (non-hydrogen) atoms. The van der Waals surface area contributed by atoms with Gasteiger partial charge in [0.05, 0.1) is 10.6 Å². The summed E-state index contributed by atoms with van der Waals surface area (Å²) in [5.74, 6) is -2.31. The zero-order valence-electron chi connectivity index (χ0n) is 20.2. The summed E-state index contributed by atoms with van der Waals surface area (Å²) in [6, 6.07) is 17.5. The molecule has 3 aromatic rings. The van der Waals surface area contributed by atoms with Crippen molar-refractivity contribution in [2.75, 3.05) is 17.4 Å². The summed E-state index contributed by atoms with van der Waals surface area (Å²) < 4.78 is 28.1. The van der Waals surface area contributed by atoms with E-state index in [0.717, 1.165) is 9.87 Å². The molecule has 0 radical (unpaired) electrons. The van der Waals surface area contributed by atoms with Crippen LogP contribution in [0.4, 0.5) is 5.69 Å². The van der Waals surface area contributed by atoms with Gasteiger partial charge < -0.3 is 15.7 Å². The van der Waals surface area contributed by atoms with E-state index < -0.39 is 40.9 Å². The zero-order chi connectivity index (χ0) is 27.2. The molecule has 0 unspecified atom stereocenters. The van der Waals surface area contributed by atoms with Crippen LogP contribution in [-0.4, -0.2) is 44.4 Å². The number of hydrogen-bond acceptors (Lipinski definition) is 5. The van der Waals surface area contributed by atoms with Crippen LogP contribution in [0.3, 0.4) is 0 Å². The molecule has 3 aromatic carbocycles. The molecule has 9 nitrogen and oxygen atoms in total. The molecule has 11 heteroatoms. The first-order valence-corrected chi connectivity index (χ1v) is 13.0. The summed E-state index contributed by atoms with van der Waals surface area (Å²) in [6.07, 6.45) is 0. The predicted octanol–water partition coefficient (Wildman–Crippen LogP) is 3.28. The maximum Gasteiger partial charge on any atom is 0.322 e. The van der Waals surface area contributed by atoms with Crippen LogP contribution in [0, 0.1) is 13.8 Å². The second-order valence-electron chi connectivity index (χ2n) is 8.26. The molecule has 0 spiro atoms. The summed E-state index contributed by atoms with van der Waals surface area (Å²) in [5.41, 5.74) is 2.48. The number of carboxylic acid groups (broad SMARTS) is 1. The standard InChI is InChI=1S/C26H26ClN3O6S/c1-17-9-11-21(12-10-17)37(35,36)30(23-8-4-7-22(27)18(23)2)16-24(31)28-14-19-5-3-6-20(13-19)26(34)29-15-25(32)33/h3-13H,14-16H2,1-2H3,(H,28,31)(H,29,34)(H,32,33). The minimum Gasteiger partial charge on any atom is -0.480 e. The zero-order valence-corrected chi connectivity index (χ0v) is 21.8. The molecule has 0 atom stereocenters. The van der Waals surface area contributed by atoms with Gasteiger partial charge in [0, 0.05) is 17.1 Å². The molecular formula is C26H26ClN3O6S. The Morgan fingerprint density at radius 2 is 1.62 bits per heavy atom. The van der Waals surface area contributed by atoms with Gasteiger partial charge in [0.15, 0.2) is 0 Å². The van der Waals surface area contributed by atoms with E-state index in [4.69, 9.17) is 16.7 Å². The van der Waals surface area contributed by atoms with E-state index in [1.807, 2.05) is 6.92 Å². The van der Waals surface area contributed by atoms with Gasteiger partial charge in [-0.25, -0.2) is 8.42 Å². The molecule has 3 rings (SSSR count). The van der Waals surface area contributed by atoms with Crippen LogP contribution in [0.2, 0.25) is 5.02 Å². The quantitative estimate of drug-likeness (QED) is 0.359. The normalized spacial score (nSPS) is 11.0. The van der Waals surface area contributed by atoms with Gasteiger partial charge in [-0.05, 0) is 61.4 Å². The first-order chi connectivity index (χ1) is 17.5. The van der Waals surface area contributed by atoms with Gasteiger partial charge in [0.25, 0.3) is 15.9 Å². The number of carbonyl (C=O) groups excluding carboxylic acids is 2. The molecule has 0 aromatic heterocycles. The molecule has 0 bridgehead atoms. The molecule has 0 heterocycles. The molecule has 0 fully saturated rings. The second kappa shape index (κ2) is 11.9. The first-order valence-electron chi connectivity index (χ1n) is 11.2. The summed E-state index contributed by atoms with van der Waals surface area (Å²) in [4.78, 5) is 35.8. The van der Waals surface area contributed by atoms with Crippen LogP contribution in [0.15, 0.2) is 71.6 Å². The molecule has 0 saturated heterocycles. The lowest BCUT2D eigenvalue weighted by atomic mass is 10.1. The Morgan fingerprint density at radius 3 is 2.30 bits per heavy atom. The molecule has 0 aliphatic heterocycles. The summed E-state index contributed by atoms with van der Waals surface area (Å²) in [6.45, 7) is 2.51. The molecule has 0 aliphatic carbocycles. The molecular weight excluding hydrogens is 518 g/mol. The number of aliphatic carboxylic acids is 1. The van der Waals surface area contributed by atoms with Crippen molar-refractivity contribution in [1.29, 1.82) is 0 Å². The fourth-order valence-electron chi connectivity index (χ4n) is 3.47. The van der Waals surface area contributed by atoms with Crippen LogP contribution < -0.4 is 14.9 Å². The fourth-order valence-corrected chi connectivity index (χ4v) is 5.12. The highest BCUT2D eigenvalue weighted by atomic mass is 35.5. The van der Waals surface area contributed by atoms with Crippen LogP contribution >= 0.6 is 11.6 Å². The first kappa shape index (κ1) is 27.7. The third-order valence-corrected chi connectivity index (χ3v) is 7.67. The Bertz CT molecular complexity index is 1420. The second-order valence-corrected chi connectivity index (χ2v) is 10.5. The van der Waals surface area contributed by atoms with Gasteiger partial charge in [-0.15, -0.1) is 0 Å². The Kier molecular flexibility index (Phi) is 8.90. The monoisotopic (exact) mass is 543 g/mol. The maximum absolute atomic E-state index is 13.6. The highest BCUT2D eigenvalue weighted by Gasteiger charge is 2.28. The molecule has 0 saturated carbocycles. The van der Waals surface area contributed by atoms with Crippen molar-refractivity contribution in [2.45, 2.75) is 25.3 Å². The SMILES string of the molecule is Cc1ccc(S(=O)(=O)N(CC(=O)NCc2cccc(C(=O)NCC(=O)O)c2)c2cccc(Cl)c2C)cc1. The van der Waals surface area contributed by atoms with E-state index in [2.05, 4.69) is 10.6 Å². The third kappa shape index (κ3) is 7.08. The molecule has 0 aliphatic rings. The van der Waals surface area contributed by atoms with E-state index in [9.17, 15) is 22.8 Å². The Morgan fingerprint density at radius 1 is 0.946 bits per heavy atom. The number of anilines is 1. The average Bonchev–Trinajstić information content (AvgIpc) is 2.86. The van der Waals surface area contributed by atoms with Crippen molar-refractivity contribution in [3.8, 4) is 0 Å². The van der Waals surface area contributed by atoms with E-state index >= 15 is 0 Å². The lowest BCUT2D eigenvalue weighted by Gasteiger charge is -2.26. The molecule has 3 N–H and O–H groups in total. The molecule has 194 valence electrons. The lowest BCUT2D eigenvalue weighted by molar-refractivity contribution is -0.135. The van der Waals surface area contributed by atoms with Gasteiger partial charge >= 0.3 is 5.97 Å². The Labute approximate surface area is 220 Å². The number of hydrogen-bond donors (Lipinski definition) is 3. The summed E-state index contributed by atoms with van der Waals surface area (Å²) in [7, 11) is -4.11. The van der Waals surface area contributed by atoms with E-state index in [-0.39, 0.29) is 22.7 Å². The lowest BCUT2D eigenvalue weighted by Crippen LogP contribution is -2.41. The number of sulfonamides is 1. The number of benzene rings is 3. The van der Waals surface area contributed by atoms with Crippen molar-refractivity contribution in [1.82, 2.24) is 10.6 Å². The minimum atomic E-state index is -4.11. The number of aryl methyl sites for hydroxylation is 1. The number of rotatable bonds is 10. The van der Waals surface area contributed by atoms with Gasteiger partial charge in [-0.3, -0.25) is 18.7 Å². The van der Waals surface area contributed by atoms with Gasteiger partial charge in [0.1, 0.15) is 13.1 Å². The van der Waals surface area contributed by atoms with Crippen molar-refractivity contribution in [2.24, 2.45) is 0 Å². The average molecular weight is 544 g/mol. The van der Waals surface area contributed by atoms with E-state index in [1.54, 1.807) is 49.4 Å². The summed E-state index contributed by atoms with van der Waals surface area (Å²) in [5, 5.41) is 14.0. The van der Waals surface area contributed by atoms with Gasteiger partial charge in [-0.1, -0.05) is 47.5 Å². The smallest absolute Gasteiger partial charge is 0.322 e. The van der Waals surface area contributed by atoms with Gasteiger partial charge in [0.2, 0.25) is 5.91 Å². The minimum absolute atomic E-state index is 0.0197. The Balaban J connectivity index is 1.81. The van der Waals surface area contributed by atoms with E-state index in [1.165, 1.54) is 24.3 Å². The van der Waals surface area contributed by atoms with Crippen molar-refractivity contribution >= 4 is 45.1 Å². The number of nitrogens with zero attached hydrogens (tertiary/aromatic N) is 1. The molecule has 2 amide bonds. The fraction of sp³-hybridized carbons (Fsp3) is 0.192. The third-order valence-electron chi connectivity index (χ3n) is 5.48. The van der Waals surface area contributed by atoms with Crippen molar-refractivity contribution < 1.29 is 27.9 Å². The van der Waals surface area contributed by atoms with Crippen LogP contribution in [0.5, 0.6) is 0 Å². The number of halogens is 1. The van der Waals surface area contributed by atoms with Gasteiger partial charge in [-0.2, -0.15) is 0 Å². The summed E-state index contributed by atoms with van der Waals surface area (Å²) >= 11 is 6.25. The highest BCUT2D eigenvalue weighted by molar-refractivity contribution is 7.92. The van der Waals surface area contributed by atoms with Crippen molar-refractivity contribution in [3.05, 3.63) is 94.0 Å². The van der Waals surface area contributed by atoms with Crippen LogP contribution in [-0.2, 0) is 26.2 Å². The van der Waals surface area contributed by atoms with Crippen molar-refractivity contribution in [3.63, 3.8) is 0 Å². The van der Waals surface area contributed by atoms with E-state index in [0.29, 0.717) is 16.1 Å². The largest absolute Gasteiger partial charge is 0.480 e. The van der Waals surface area contributed by atoms with Crippen LogP contribution in [0.1, 0.15) is 27.0 Å². The predicted molar refractivity (Wildman–Crippen MR) is 140 cm³/mol.